The Kier molecular flexibility index (Phi) is 4.79. The molecule has 1 aromatic heterocycles. The molecule has 0 unspecified atom stereocenters. The lowest BCUT2D eigenvalue weighted by atomic mass is 10.2. The molecular formula is C17H15N5O3. The van der Waals surface area contributed by atoms with Gasteiger partial charge in [0.2, 0.25) is 5.82 Å². The number of nitro groups is 1. The zero-order valence-corrected chi connectivity index (χ0v) is 13.4. The van der Waals surface area contributed by atoms with Gasteiger partial charge in [0.15, 0.2) is 0 Å². The van der Waals surface area contributed by atoms with E-state index in [1.54, 1.807) is 18.2 Å². The number of ether oxygens (including phenoxy) is 1. The third-order valence-corrected chi connectivity index (χ3v) is 3.33. The van der Waals surface area contributed by atoms with Crippen LogP contribution in [0.25, 0.3) is 11.0 Å². The first-order valence-corrected chi connectivity index (χ1v) is 7.61. The molecule has 8 nitrogen and oxygen atoms in total. The van der Waals surface area contributed by atoms with E-state index in [0.29, 0.717) is 34.9 Å². The maximum atomic E-state index is 11.0. The van der Waals surface area contributed by atoms with Crippen molar-refractivity contribution in [3.05, 3.63) is 64.2 Å². The quantitative estimate of drug-likeness (QED) is 0.420. The van der Waals surface area contributed by atoms with Gasteiger partial charge in [-0.15, -0.1) is 0 Å². The minimum Gasteiger partial charge on any atom is -0.475 e. The van der Waals surface area contributed by atoms with Crippen LogP contribution >= 0.6 is 0 Å². The Balaban J connectivity index is 1.90. The van der Waals surface area contributed by atoms with E-state index < -0.39 is 4.92 Å². The molecule has 0 bridgehead atoms. The van der Waals surface area contributed by atoms with Gasteiger partial charge < -0.3 is 4.74 Å². The lowest BCUT2D eigenvalue weighted by Crippen LogP contribution is -2.03. The van der Waals surface area contributed by atoms with Crippen molar-refractivity contribution in [1.82, 2.24) is 9.97 Å². The zero-order valence-electron chi connectivity index (χ0n) is 13.4. The molecule has 0 saturated carbocycles. The Hall–Kier alpha value is -3.55. The lowest BCUT2D eigenvalue weighted by molar-refractivity contribution is -0.385. The summed E-state index contributed by atoms with van der Waals surface area (Å²) >= 11 is 0. The van der Waals surface area contributed by atoms with Crippen molar-refractivity contribution in [2.24, 2.45) is 5.10 Å². The molecule has 0 saturated heterocycles. The van der Waals surface area contributed by atoms with Gasteiger partial charge in [0.25, 0.3) is 11.6 Å². The van der Waals surface area contributed by atoms with E-state index in [0.717, 1.165) is 0 Å². The van der Waals surface area contributed by atoms with Gasteiger partial charge in [-0.05, 0) is 25.1 Å². The summed E-state index contributed by atoms with van der Waals surface area (Å²) < 4.78 is 5.49. The molecule has 0 aliphatic rings. The van der Waals surface area contributed by atoms with Crippen LogP contribution in [0.4, 0.5) is 11.5 Å². The van der Waals surface area contributed by atoms with E-state index >= 15 is 0 Å². The van der Waals surface area contributed by atoms with E-state index in [9.17, 15) is 10.1 Å². The van der Waals surface area contributed by atoms with Crippen LogP contribution in [0.1, 0.15) is 12.5 Å². The first-order chi connectivity index (χ1) is 12.2. The molecule has 0 radical (unpaired) electrons. The van der Waals surface area contributed by atoms with Crippen LogP contribution in [-0.4, -0.2) is 27.7 Å². The highest BCUT2D eigenvalue weighted by Crippen LogP contribution is 2.23. The lowest BCUT2D eigenvalue weighted by Gasteiger charge is -2.08. The van der Waals surface area contributed by atoms with Crippen molar-refractivity contribution in [3.8, 4) is 5.88 Å². The van der Waals surface area contributed by atoms with E-state index in [4.69, 9.17) is 4.74 Å². The maximum absolute atomic E-state index is 11.0. The second-order valence-corrected chi connectivity index (χ2v) is 4.99. The Labute approximate surface area is 143 Å². The molecule has 126 valence electrons. The van der Waals surface area contributed by atoms with Crippen LogP contribution in [0.15, 0.2) is 53.6 Å². The predicted molar refractivity (Wildman–Crippen MR) is 95.0 cm³/mol. The van der Waals surface area contributed by atoms with Crippen LogP contribution in [0.3, 0.4) is 0 Å². The molecule has 0 fully saturated rings. The summed E-state index contributed by atoms with van der Waals surface area (Å²) in [7, 11) is 0. The van der Waals surface area contributed by atoms with Crippen molar-refractivity contribution in [2.45, 2.75) is 6.92 Å². The third-order valence-electron chi connectivity index (χ3n) is 3.33. The number of nitrogens with one attached hydrogen (secondary N) is 1. The molecule has 1 N–H and O–H groups in total. The van der Waals surface area contributed by atoms with Gasteiger partial charge >= 0.3 is 0 Å². The largest absolute Gasteiger partial charge is 0.475 e. The van der Waals surface area contributed by atoms with Crippen molar-refractivity contribution in [2.75, 3.05) is 12.0 Å². The van der Waals surface area contributed by atoms with Gasteiger partial charge in [0, 0.05) is 6.07 Å². The number of anilines is 1. The molecule has 3 rings (SSSR count). The summed E-state index contributed by atoms with van der Waals surface area (Å²) in [6.45, 7) is 2.27. The summed E-state index contributed by atoms with van der Waals surface area (Å²) in [6, 6.07) is 13.7. The predicted octanol–water partition coefficient (Wildman–Crippen LogP) is 3.38. The Bertz CT molecular complexity index is 942. The fourth-order valence-electron chi connectivity index (χ4n) is 2.22. The summed E-state index contributed by atoms with van der Waals surface area (Å²) in [6.07, 6.45) is 1.37. The highest BCUT2D eigenvalue weighted by atomic mass is 16.6. The second kappa shape index (κ2) is 7.35. The number of rotatable bonds is 6. The summed E-state index contributed by atoms with van der Waals surface area (Å²) in [5, 5.41) is 15.1. The van der Waals surface area contributed by atoms with Gasteiger partial charge in [-0.25, -0.2) is 9.97 Å². The van der Waals surface area contributed by atoms with Crippen LogP contribution in [-0.2, 0) is 0 Å². The Morgan fingerprint density at radius 3 is 2.56 bits per heavy atom. The Morgan fingerprint density at radius 1 is 1.16 bits per heavy atom. The van der Waals surface area contributed by atoms with Crippen molar-refractivity contribution in [1.29, 1.82) is 0 Å². The summed E-state index contributed by atoms with van der Waals surface area (Å²) in [5.74, 6) is 0.663. The Morgan fingerprint density at radius 2 is 1.84 bits per heavy atom. The fraction of sp³-hybridized carbons (Fsp3) is 0.118. The molecular weight excluding hydrogens is 322 g/mol. The topological polar surface area (TPSA) is 103 Å². The van der Waals surface area contributed by atoms with Gasteiger partial charge in [-0.2, -0.15) is 5.10 Å². The molecule has 3 aromatic rings. The average molecular weight is 337 g/mol. The number of benzene rings is 2. The number of para-hydroxylation sites is 3. The molecule has 0 aliphatic heterocycles. The first-order valence-electron chi connectivity index (χ1n) is 7.61. The highest BCUT2D eigenvalue weighted by Gasteiger charge is 2.11. The van der Waals surface area contributed by atoms with Gasteiger partial charge in [0.1, 0.15) is 0 Å². The molecule has 0 amide bonds. The first kappa shape index (κ1) is 16.3. The number of nitrogens with zero attached hydrogens (tertiary/aromatic N) is 4. The third kappa shape index (κ3) is 3.69. The number of hydrogen-bond acceptors (Lipinski definition) is 7. The summed E-state index contributed by atoms with van der Waals surface area (Å²) in [5.41, 5.74) is 4.51. The van der Waals surface area contributed by atoms with Gasteiger partial charge in [0.05, 0.1) is 34.3 Å². The average Bonchev–Trinajstić information content (AvgIpc) is 2.62. The maximum Gasteiger partial charge on any atom is 0.278 e. The highest BCUT2D eigenvalue weighted by molar-refractivity contribution is 5.86. The van der Waals surface area contributed by atoms with Gasteiger partial charge in [-0.1, -0.05) is 24.3 Å². The van der Waals surface area contributed by atoms with Crippen LogP contribution in [0, 0.1) is 10.1 Å². The molecule has 25 heavy (non-hydrogen) atoms. The molecule has 0 spiro atoms. The number of hydrazone groups is 1. The van der Waals surface area contributed by atoms with Crippen molar-refractivity contribution in [3.63, 3.8) is 0 Å². The fourth-order valence-corrected chi connectivity index (χ4v) is 2.22. The standard InChI is InChI=1S/C17H15N5O3/c1-2-25-17-16(19-13-8-4-5-9-14(13)20-17)21-18-11-12-7-3-6-10-15(12)22(23)24/h3-11H,2H2,1H3,(H,19,21)/b18-11+. The van der Waals surface area contributed by atoms with Gasteiger partial charge in [-0.3, -0.25) is 15.5 Å². The molecule has 2 aromatic carbocycles. The van der Waals surface area contributed by atoms with Crippen LogP contribution in [0.2, 0.25) is 0 Å². The molecule has 1 heterocycles. The molecule has 8 heteroatoms. The molecule has 0 atom stereocenters. The van der Waals surface area contributed by atoms with E-state index in [-0.39, 0.29) is 5.69 Å². The number of hydrogen-bond donors (Lipinski definition) is 1. The minimum absolute atomic E-state index is 0.0253. The zero-order chi connectivity index (χ0) is 17.6. The van der Waals surface area contributed by atoms with E-state index in [1.807, 2.05) is 31.2 Å². The monoisotopic (exact) mass is 337 g/mol. The van der Waals surface area contributed by atoms with Crippen LogP contribution in [0.5, 0.6) is 5.88 Å². The van der Waals surface area contributed by atoms with E-state index in [2.05, 4.69) is 20.5 Å². The smallest absolute Gasteiger partial charge is 0.278 e. The van der Waals surface area contributed by atoms with Crippen molar-refractivity contribution < 1.29 is 9.66 Å². The number of nitro benzene ring substituents is 1. The minimum atomic E-state index is -0.456. The normalized spacial score (nSPS) is 10.9. The SMILES string of the molecule is CCOc1nc2ccccc2nc1N/N=C/c1ccccc1[N+](=O)[O-]. The number of fused-ring (bicyclic) bond motifs is 1. The van der Waals surface area contributed by atoms with E-state index in [1.165, 1.54) is 12.3 Å². The number of aromatic nitrogens is 2. The molecule has 0 aliphatic carbocycles. The second-order valence-electron chi connectivity index (χ2n) is 4.99. The van der Waals surface area contributed by atoms with Crippen LogP contribution < -0.4 is 10.2 Å². The van der Waals surface area contributed by atoms with Crippen molar-refractivity contribution >= 4 is 28.8 Å². The summed E-state index contributed by atoms with van der Waals surface area (Å²) in [4.78, 5) is 19.4.